The Bertz CT molecular complexity index is 1470. The number of carbonyl (C=O) groups is 1. The summed E-state index contributed by atoms with van der Waals surface area (Å²) < 4.78 is 15.2. The Kier molecular flexibility index (Phi) is 6.22. The van der Waals surface area contributed by atoms with Crippen LogP contribution in [0.15, 0.2) is 73.1 Å². The molecule has 1 spiro atoms. The van der Waals surface area contributed by atoms with Gasteiger partial charge in [-0.15, -0.1) is 0 Å². The maximum Gasteiger partial charge on any atom is 0.227 e. The highest BCUT2D eigenvalue weighted by Crippen LogP contribution is 2.44. The van der Waals surface area contributed by atoms with E-state index >= 15 is 0 Å². The zero-order valence-electron chi connectivity index (χ0n) is 21.9. The first-order valence-electron chi connectivity index (χ1n) is 13.2. The number of nitrogens with zero attached hydrogens (tertiary/aromatic N) is 5. The summed E-state index contributed by atoms with van der Waals surface area (Å²) in [5, 5.41) is 4.36. The maximum atomic E-state index is 13.3. The summed E-state index contributed by atoms with van der Waals surface area (Å²) >= 11 is 0. The number of fused-ring (bicyclic) bond motifs is 1. The van der Waals surface area contributed by atoms with Gasteiger partial charge in [0.25, 0.3) is 0 Å². The summed E-state index contributed by atoms with van der Waals surface area (Å²) in [5.41, 5.74) is 6.32. The van der Waals surface area contributed by atoms with Crippen molar-refractivity contribution in [2.75, 3.05) is 18.0 Å². The van der Waals surface area contributed by atoms with Crippen LogP contribution in [-0.2, 0) is 31.2 Å². The molecule has 1 fully saturated rings. The van der Waals surface area contributed by atoms with Gasteiger partial charge in [0.2, 0.25) is 5.91 Å². The Morgan fingerprint density at radius 2 is 1.84 bits per heavy atom. The van der Waals surface area contributed by atoms with Crippen molar-refractivity contribution in [3.63, 3.8) is 0 Å². The molecular formula is C31H32FN5O. The molecule has 0 aliphatic carbocycles. The van der Waals surface area contributed by atoms with Crippen LogP contribution in [0, 0.1) is 12.7 Å². The number of anilines is 1. The fourth-order valence-corrected chi connectivity index (χ4v) is 6.02. The van der Waals surface area contributed by atoms with Crippen LogP contribution in [0.25, 0.3) is 11.1 Å². The molecule has 0 saturated carbocycles. The van der Waals surface area contributed by atoms with Gasteiger partial charge in [0.1, 0.15) is 11.6 Å². The predicted molar refractivity (Wildman–Crippen MR) is 146 cm³/mol. The standard InChI is InChI=1S/C31H32FN5O/c1-22-28(26-18-33-35(2)20-26)17-25-12-13-31(37(30(25)34-22)19-24-6-4-3-5-7-24)14-15-36(21-31)29(38)16-23-8-10-27(32)11-9-23/h3-11,17-18,20H,12-16,19,21H2,1-2H3. The minimum atomic E-state index is -0.284. The van der Waals surface area contributed by atoms with Crippen molar-refractivity contribution < 1.29 is 9.18 Å². The van der Waals surface area contributed by atoms with Crippen LogP contribution >= 0.6 is 0 Å². The van der Waals surface area contributed by atoms with Crippen molar-refractivity contribution >= 4 is 11.7 Å². The van der Waals surface area contributed by atoms with Gasteiger partial charge in [-0.1, -0.05) is 42.5 Å². The third-order valence-corrected chi connectivity index (χ3v) is 8.11. The average Bonchev–Trinajstić information content (AvgIpc) is 3.55. The van der Waals surface area contributed by atoms with Crippen LogP contribution in [0.2, 0.25) is 0 Å². The van der Waals surface area contributed by atoms with E-state index in [-0.39, 0.29) is 23.7 Å². The van der Waals surface area contributed by atoms with Crippen molar-refractivity contribution in [3.05, 3.63) is 101 Å². The van der Waals surface area contributed by atoms with Gasteiger partial charge < -0.3 is 9.80 Å². The van der Waals surface area contributed by atoms with Gasteiger partial charge >= 0.3 is 0 Å². The second-order valence-electron chi connectivity index (χ2n) is 10.7. The molecule has 2 aliphatic rings. The largest absolute Gasteiger partial charge is 0.345 e. The highest BCUT2D eigenvalue weighted by molar-refractivity contribution is 5.79. The Morgan fingerprint density at radius 3 is 2.58 bits per heavy atom. The summed E-state index contributed by atoms with van der Waals surface area (Å²) in [4.78, 5) is 22.9. The number of amides is 1. The average molecular weight is 510 g/mol. The number of halogens is 1. The van der Waals surface area contributed by atoms with E-state index in [1.54, 1.807) is 12.1 Å². The molecule has 2 aromatic carbocycles. The van der Waals surface area contributed by atoms with Crippen LogP contribution in [0.1, 0.15) is 35.2 Å². The third kappa shape index (κ3) is 4.57. The predicted octanol–water partition coefficient (Wildman–Crippen LogP) is 5.10. The SMILES string of the molecule is Cc1nc2c(cc1-c1cnn(C)c1)CCC1(CCN(C(=O)Cc3ccc(F)cc3)C1)N2Cc1ccccc1. The number of rotatable bonds is 5. The van der Waals surface area contributed by atoms with Gasteiger partial charge in [-0.25, -0.2) is 9.37 Å². The van der Waals surface area contributed by atoms with E-state index in [4.69, 9.17) is 4.98 Å². The zero-order valence-corrected chi connectivity index (χ0v) is 21.9. The molecule has 1 amide bonds. The lowest BCUT2D eigenvalue weighted by Crippen LogP contribution is -2.54. The van der Waals surface area contributed by atoms with E-state index < -0.39 is 0 Å². The highest BCUT2D eigenvalue weighted by Gasteiger charge is 2.47. The molecule has 6 nitrogen and oxygen atoms in total. The third-order valence-electron chi connectivity index (χ3n) is 8.11. The molecule has 194 valence electrons. The minimum absolute atomic E-state index is 0.0926. The minimum Gasteiger partial charge on any atom is -0.345 e. The summed E-state index contributed by atoms with van der Waals surface area (Å²) in [7, 11) is 1.93. The topological polar surface area (TPSA) is 54.3 Å². The molecule has 6 rings (SSSR count). The zero-order chi connectivity index (χ0) is 26.3. The van der Waals surface area contributed by atoms with Gasteiger partial charge in [0.05, 0.1) is 18.2 Å². The van der Waals surface area contributed by atoms with Crippen molar-refractivity contribution in [1.82, 2.24) is 19.7 Å². The van der Waals surface area contributed by atoms with Crippen molar-refractivity contribution in [3.8, 4) is 11.1 Å². The van der Waals surface area contributed by atoms with Gasteiger partial charge in [0, 0.05) is 49.7 Å². The normalized spacial score (nSPS) is 18.7. The van der Waals surface area contributed by atoms with Crippen molar-refractivity contribution in [2.45, 2.75) is 44.7 Å². The summed E-state index contributed by atoms with van der Waals surface area (Å²) in [6.45, 7) is 4.20. The van der Waals surface area contributed by atoms with E-state index in [1.165, 1.54) is 23.3 Å². The molecule has 1 atom stereocenters. The summed E-state index contributed by atoms with van der Waals surface area (Å²) in [6, 6.07) is 19.0. The first-order chi connectivity index (χ1) is 18.4. The molecule has 4 heterocycles. The summed E-state index contributed by atoms with van der Waals surface area (Å²) in [6.07, 6.45) is 7.00. The number of likely N-dealkylation sites (tertiary alicyclic amines) is 1. The molecule has 0 bridgehead atoms. The number of benzene rings is 2. The van der Waals surface area contributed by atoms with Gasteiger partial charge in [0.15, 0.2) is 0 Å². The van der Waals surface area contributed by atoms with E-state index in [2.05, 4.69) is 47.3 Å². The Morgan fingerprint density at radius 1 is 1.05 bits per heavy atom. The molecule has 4 aromatic rings. The first-order valence-corrected chi connectivity index (χ1v) is 13.2. The lowest BCUT2D eigenvalue weighted by molar-refractivity contribution is -0.129. The fourth-order valence-electron chi connectivity index (χ4n) is 6.02. The fraction of sp³-hybridized carbons (Fsp3) is 0.323. The number of carbonyl (C=O) groups excluding carboxylic acids is 1. The monoisotopic (exact) mass is 509 g/mol. The van der Waals surface area contributed by atoms with E-state index in [0.29, 0.717) is 13.1 Å². The van der Waals surface area contributed by atoms with Crippen LogP contribution in [0.3, 0.4) is 0 Å². The molecule has 1 saturated heterocycles. The molecular weight excluding hydrogens is 477 g/mol. The van der Waals surface area contributed by atoms with E-state index in [9.17, 15) is 9.18 Å². The Hall–Kier alpha value is -4.00. The molecule has 0 radical (unpaired) electrons. The van der Waals surface area contributed by atoms with Gasteiger partial charge in [-0.3, -0.25) is 9.48 Å². The first kappa shape index (κ1) is 24.3. The molecule has 7 heteroatoms. The summed E-state index contributed by atoms with van der Waals surface area (Å²) in [5.74, 6) is 0.835. The smallest absolute Gasteiger partial charge is 0.227 e. The van der Waals surface area contributed by atoms with Crippen LogP contribution in [-0.4, -0.2) is 44.2 Å². The number of pyridine rings is 1. The molecule has 2 aliphatic heterocycles. The lowest BCUT2D eigenvalue weighted by Gasteiger charge is -2.46. The quantitative estimate of drug-likeness (QED) is 0.376. The molecule has 1 unspecified atom stereocenters. The van der Waals surface area contributed by atoms with Gasteiger partial charge in [-0.2, -0.15) is 5.10 Å². The van der Waals surface area contributed by atoms with Crippen molar-refractivity contribution in [2.24, 2.45) is 7.05 Å². The van der Waals surface area contributed by atoms with E-state index in [1.807, 2.05) is 35.1 Å². The van der Waals surface area contributed by atoms with Crippen LogP contribution < -0.4 is 4.90 Å². The Balaban J connectivity index is 1.32. The van der Waals surface area contributed by atoms with E-state index in [0.717, 1.165) is 54.0 Å². The van der Waals surface area contributed by atoms with Crippen molar-refractivity contribution in [1.29, 1.82) is 0 Å². The second-order valence-corrected chi connectivity index (χ2v) is 10.7. The highest BCUT2D eigenvalue weighted by atomic mass is 19.1. The molecule has 38 heavy (non-hydrogen) atoms. The molecule has 2 aromatic heterocycles. The van der Waals surface area contributed by atoms with Crippen LogP contribution in [0.5, 0.6) is 0 Å². The lowest BCUT2D eigenvalue weighted by atomic mass is 9.83. The van der Waals surface area contributed by atoms with Gasteiger partial charge in [-0.05, 0) is 61.1 Å². The van der Waals surface area contributed by atoms with Crippen LogP contribution in [0.4, 0.5) is 10.2 Å². The number of aryl methyl sites for hydroxylation is 3. The number of hydrogen-bond donors (Lipinski definition) is 0. The number of aromatic nitrogens is 3. The second kappa shape index (κ2) is 9.71. The molecule has 0 N–H and O–H groups in total. The Labute approximate surface area is 222 Å². The maximum absolute atomic E-state index is 13.3. The number of hydrogen-bond acceptors (Lipinski definition) is 4.